The van der Waals surface area contributed by atoms with Crippen molar-refractivity contribution in [1.82, 2.24) is 20.0 Å². The lowest BCUT2D eigenvalue weighted by Crippen LogP contribution is -2.47. The number of nitrogens with zero attached hydrogens (tertiary/aromatic N) is 3. The summed E-state index contributed by atoms with van der Waals surface area (Å²) in [5.74, 6) is 0.0517. The van der Waals surface area contributed by atoms with E-state index in [1.54, 1.807) is 16.7 Å². The molecule has 2 heterocycles. The zero-order valence-corrected chi connectivity index (χ0v) is 16.1. The third-order valence-corrected chi connectivity index (χ3v) is 5.40. The van der Waals surface area contributed by atoms with Gasteiger partial charge >= 0.3 is 6.03 Å². The zero-order chi connectivity index (χ0) is 19.2. The monoisotopic (exact) mass is 374 g/mol. The van der Waals surface area contributed by atoms with E-state index in [1.165, 1.54) is 11.1 Å². The first kappa shape index (κ1) is 19.6. The van der Waals surface area contributed by atoms with E-state index >= 15 is 0 Å². The van der Waals surface area contributed by atoms with Gasteiger partial charge in [0.05, 0.1) is 6.10 Å². The van der Waals surface area contributed by atoms with E-state index in [-0.39, 0.29) is 18.5 Å². The van der Waals surface area contributed by atoms with Gasteiger partial charge in [0.15, 0.2) is 0 Å². The van der Waals surface area contributed by atoms with Gasteiger partial charge in [0.2, 0.25) is 5.91 Å². The van der Waals surface area contributed by atoms with Crippen LogP contribution in [0.2, 0.25) is 0 Å². The number of carbonyl (C=O) groups excluding carboxylic acids is 2. The van der Waals surface area contributed by atoms with E-state index in [0.29, 0.717) is 32.7 Å². The van der Waals surface area contributed by atoms with E-state index in [9.17, 15) is 14.7 Å². The van der Waals surface area contributed by atoms with Gasteiger partial charge in [0.1, 0.15) is 0 Å². The fourth-order valence-electron chi connectivity index (χ4n) is 3.82. The van der Waals surface area contributed by atoms with Gasteiger partial charge in [0.25, 0.3) is 0 Å². The number of β-amino-alcohol motifs (C(OH)–C–C–N with tert-alkyl or cyclic N) is 1. The number of rotatable bonds is 4. The second-order valence-corrected chi connectivity index (χ2v) is 7.44. The summed E-state index contributed by atoms with van der Waals surface area (Å²) in [7, 11) is 0. The Morgan fingerprint density at radius 2 is 1.78 bits per heavy atom. The number of hydrogen-bond acceptors (Lipinski definition) is 4. The zero-order valence-electron chi connectivity index (χ0n) is 16.1. The van der Waals surface area contributed by atoms with Crippen LogP contribution in [0.1, 0.15) is 24.5 Å². The van der Waals surface area contributed by atoms with Crippen molar-refractivity contribution in [2.75, 3.05) is 45.8 Å². The van der Waals surface area contributed by atoms with Gasteiger partial charge in [-0.3, -0.25) is 9.69 Å². The van der Waals surface area contributed by atoms with Crippen LogP contribution in [0.25, 0.3) is 0 Å². The van der Waals surface area contributed by atoms with Gasteiger partial charge in [-0.15, -0.1) is 0 Å². The number of carbonyl (C=O) groups is 2. The molecule has 0 radical (unpaired) electrons. The molecule has 0 aliphatic carbocycles. The molecule has 2 N–H and O–H groups in total. The second kappa shape index (κ2) is 9.19. The fraction of sp³-hybridized carbons (Fsp3) is 0.600. The average molecular weight is 374 g/mol. The van der Waals surface area contributed by atoms with Crippen molar-refractivity contribution in [3.8, 4) is 0 Å². The van der Waals surface area contributed by atoms with Crippen molar-refractivity contribution in [1.29, 1.82) is 0 Å². The van der Waals surface area contributed by atoms with Crippen molar-refractivity contribution in [2.24, 2.45) is 0 Å². The highest BCUT2D eigenvalue weighted by atomic mass is 16.3. The topological polar surface area (TPSA) is 76.1 Å². The summed E-state index contributed by atoms with van der Waals surface area (Å²) in [5.41, 5.74) is 2.71. The molecule has 27 heavy (non-hydrogen) atoms. The fourth-order valence-corrected chi connectivity index (χ4v) is 3.82. The maximum absolute atomic E-state index is 12.4. The Bertz CT molecular complexity index is 666. The molecule has 3 amide bonds. The predicted molar refractivity (Wildman–Crippen MR) is 103 cm³/mol. The van der Waals surface area contributed by atoms with Gasteiger partial charge in [0, 0.05) is 59.3 Å². The SMILES string of the molecule is CC(=O)N1CCCN(C(=O)NC[C@@H](O)CN2CCc3ccccc3C2)CC1. The number of urea groups is 1. The number of aliphatic hydroxyl groups excluding tert-OH is 1. The summed E-state index contributed by atoms with van der Waals surface area (Å²) in [6, 6.07) is 8.25. The van der Waals surface area contributed by atoms with Crippen molar-refractivity contribution in [2.45, 2.75) is 32.4 Å². The molecule has 0 spiro atoms. The molecule has 1 fully saturated rings. The van der Waals surface area contributed by atoms with E-state index in [2.05, 4.69) is 28.4 Å². The number of aliphatic hydroxyl groups is 1. The molecule has 0 bridgehead atoms. The molecule has 1 aromatic rings. The number of nitrogens with one attached hydrogen (secondary N) is 1. The lowest BCUT2D eigenvalue weighted by molar-refractivity contribution is -0.128. The lowest BCUT2D eigenvalue weighted by Gasteiger charge is -2.30. The van der Waals surface area contributed by atoms with Gasteiger partial charge in [-0.1, -0.05) is 24.3 Å². The molecule has 148 valence electrons. The number of hydrogen-bond donors (Lipinski definition) is 2. The Labute approximate surface area is 160 Å². The number of benzene rings is 1. The number of fused-ring (bicyclic) bond motifs is 1. The molecule has 1 atom stereocenters. The predicted octanol–water partition coefficient (Wildman–Crippen LogP) is 0.669. The summed E-state index contributed by atoms with van der Waals surface area (Å²) < 4.78 is 0. The van der Waals surface area contributed by atoms with Crippen molar-refractivity contribution in [3.63, 3.8) is 0 Å². The van der Waals surface area contributed by atoms with Gasteiger partial charge in [-0.25, -0.2) is 4.79 Å². The molecule has 0 aromatic heterocycles. The summed E-state index contributed by atoms with van der Waals surface area (Å²) >= 11 is 0. The first-order chi connectivity index (χ1) is 13.0. The van der Waals surface area contributed by atoms with Crippen LogP contribution in [0.5, 0.6) is 0 Å². The van der Waals surface area contributed by atoms with Gasteiger partial charge in [-0.2, -0.15) is 0 Å². The lowest BCUT2D eigenvalue weighted by atomic mass is 10.00. The van der Waals surface area contributed by atoms with Crippen LogP contribution >= 0.6 is 0 Å². The summed E-state index contributed by atoms with van der Waals surface area (Å²) in [4.78, 5) is 29.6. The molecular formula is C20H30N4O3. The molecule has 7 heteroatoms. The van der Waals surface area contributed by atoms with E-state index < -0.39 is 6.10 Å². The Morgan fingerprint density at radius 3 is 2.56 bits per heavy atom. The minimum atomic E-state index is -0.597. The minimum absolute atomic E-state index is 0.0517. The summed E-state index contributed by atoms with van der Waals surface area (Å²) in [5, 5.41) is 13.2. The highest BCUT2D eigenvalue weighted by Crippen LogP contribution is 2.18. The van der Waals surface area contributed by atoms with Crippen LogP contribution < -0.4 is 5.32 Å². The minimum Gasteiger partial charge on any atom is -0.390 e. The van der Waals surface area contributed by atoms with Gasteiger partial charge in [-0.05, 0) is 24.0 Å². The summed E-state index contributed by atoms with van der Waals surface area (Å²) in [6.07, 6.45) is 1.18. The first-order valence-corrected chi connectivity index (χ1v) is 9.78. The largest absolute Gasteiger partial charge is 0.390 e. The van der Waals surface area contributed by atoms with Crippen LogP contribution in [-0.2, 0) is 17.8 Å². The molecule has 2 aliphatic heterocycles. The van der Waals surface area contributed by atoms with Crippen LogP contribution in [0.15, 0.2) is 24.3 Å². The molecule has 7 nitrogen and oxygen atoms in total. The third kappa shape index (κ3) is 5.43. The van der Waals surface area contributed by atoms with Crippen LogP contribution in [0, 0.1) is 0 Å². The Hall–Kier alpha value is -2.12. The molecular weight excluding hydrogens is 344 g/mol. The van der Waals surface area contributed by atoms with Crippen molar-refractivity contribution >= 4 is 11.9 Å². The van der Waals surface area contributed by atoms with Crippen LogP contribution in [0.4, 0.5) is 4.79 Å². The third-order valence-electron chi connectivity index (χ3n) is 5.40. The molecule has 0 saturated carbocycles. The molecule has 3 rings (SSSR count). The van der Waals surface area contributed by atoms with E-state index in [0.717, 1.165) is 25.9 Å². The Morgan fingerprint density at radius 1 is 1.07 bits per heavy atom. The quantitative estimate of drug-likeness (QED) is 0.812. The van der Waals surface area contributed by atoms with Crippen LogP contribution in [0.3, 0.4) is 0 Å². The normalized spacial score (nSPS) is 19.2. The smallest absolute Gasteiger partial charge is 0.317 e. The highest BCUT2D eigenvalue weighted by Gasteiger charge is 2.22. The molecule has 0 unspecified atom stereocenters. The summed E-state index contributed by atoms with van der Waals surface area (Å²) in [6.45, 7) is 6.54. The van der Waals surface area contributed by atoms with E-state index in [1.807, 2.05) is 6.07 Å². The number of amides is 3. The molecule has 1 aromatic carbocycles. The molecule has 1 saturated heterocycles. The maximum Gasteiger partial charge on any atom is 0.317 e. The first-order valence-electron chi connectivity index (χ1n) is 9.78. The Kier molecular flexibility index (Phi) is 6.68. The standard InChI is InChI=1S/C20H30N4O3/c1-16(25)23-8-4-9-24(12-11-23)20(27)21-13-19(26)15-22-10-7-17-5-2-3-6-18(17)14-22/h2-3,5-6,19,26H,4,7-15H2,1H3,(H,21,27)/t19-/m1/s1. The van der Waals surface area contributed by atoms with Gasteiger partial charge < -0.3 is 20.2 Å². The van der Waals surface area contributed by atoms with Crippen molar-refractivity contribution in [3.05, 3.63) is 35.4 Å². The maximum atomic E-state index is 12.4. The van der Waals surface area contributed by atoms with E-state index in [4.69, 9.17) is 0 Å². The highest BCUT2D eigenvalue weighted by molar-refractivity contribution is 5.75. The Balaban J connectivity index is 1.41. The van der Waals surface area contributed by atoms with Crippen molar-refractivity contribution < 1.29 is 14.7 Å². The van der Waals surface area contributed by atoms with Crippen LogP contribution in [-0.4, -0.2) is 83.7 Å². The molecule has 2 aliphatic rings. The second-order valence-electron chi connectivity index (χ2n) is 7.44. The average Bonchev–Trinajstić information content (AvgIpc) is 2.92.